The summed E-state index contributed by atoms with van der Waals surface area (Å²) in [6.07, 6.45) is 0. The monoisotopic (exact) mass is 254 g/mol. The van der Waals surface area contributed by atoms with Gasteiger partial charge in [0.15, 0.2) is 11.5 Å². The number of benzene rings is 2. The van der Waals surface area contributed by atoms with Gasteiger partial charge in [0, 0.05) is 10.8 Å². The van der Waals surface area contributed by atoms with Crippen molar-refractivity contribution in [2.75, 3.05) is 0 Å². The van der Waals surface area contributed by atoms with E-state index in [4.69, 9.17) is 0 Å². The molecule has 0 saturated carbocycles. The Bertz CT molecular complexity index is 462. The minimum atomic E-state index is -0.346. The van der Waals surface area contributed by atoms with Gasteiger partial charge in [-0.2, -0.15) is 0 Å². The minimum absolute atomic E-state index is 0.0732. The number of hydrogen-bond donors (Lipinski definition) is 3. The Morgan fingerprint density at radius 2 is 1.29 bits per heavy atom. The van der Waals surface area contributed by atoms with Crippen molar-refractivity contribution >= 4 is 26.7 Å². The highest BCUT2D eigenvalue weighted by atomic mass is 79.9. The van der Waals surface area contributed by atoms with Crippen LogP contribution in [-0.4, -0.2) is 15.3 Å². The first kappa shape index (κ1) is 9.15. The van der Waals surface area contributed by atoms with Gasteiger partial charge in [0.05, 0.1) is 0 Å². The highest BCUT2D eigenvalue weighted by Crippen LogP contribution is 2.46. The zero-order valence-electron chi connectivity index (χ0n) is 7.03. The highest BCUT2D eigenvalue weighted by molar-refractivity contribution is 9.10. The molecule has 2 rings (SSSR count). The third-order valence-electron chi connectivity index (χ3n) is 2.08. The van der Waals surface area contributed by atoms with Crippen LogP contribution in [0.15, 0.2) is 28.7 Å². The van der Waals surface area contributed by atoms with Gasteiger partial charge >= 0.3 is 0 Å². The van der Waals surface area contributed by atoms with Crippen molar-refractivity contribution in [2.45, 2.75) is 0 Å². The standard InChI is InChI=1S/C10H7BrO3/c11-7-8(12)5-3-1-2-4-6(5)9(13)10(7)14/h1-4,12-14H. The second-order valence-electron chi connectivity index (χ2n) is 2.91. The van der Waals surface area contributed by atoms with Gasteiger partial charge < -0.3 is 15.3 Å². The molecule has 0 bridgehead atoms. The molecule has 0 fully saturated rings. The number of halogens is 1. The molecule has 0 amide bonds. The van der Waals surface area contributed by atoms with Crippen molar-refractivity contribution in [3.63, 3.8) is 0 Å². The molecular weight excluding hydrogens is 248 g/mol. The summed E-state index contributed by atoms with van der Waals surface area (Å²) < 4.78 is 0.105. The molecule has 0 heterocycles. The van der Waals surface area contributed by atoms with Gasteiger partial charge in [-0.15, -0.1) is 0 Å². The largest absolute Gasteiger partial charge is 0.506 e. The van der Waals surface area contributed by atoms with E-state index in [1.54, 1.807) is 24.3 Å². The van der Waals surface area contributed by atoms with Gasteiger partial charge in [0.1, 0.15) is 10.2 Å². The normalized spacial score (nSPS) is 10.6. The van der Waals surface area contributed by atoms with Crippen LogP contribution in [0.5, 0.6) is 17.2 Å². The third-order valence-corrected chi connectivity index (χ3v) is 2.83. The zero-order valence-corrected chi connectivity index (χ0v) is 8.62. The molecule has 0 aromatic heterocycles. The highest BCUT2D eigenvalue weighted by Gasteiger charge is 2.15. The average Bonchev–Trinajstić information content (AvgIpc) is 2.23. The molecule has 0 atom stereocenters. The van der Waals surface area contributed by atoms with Crippen molar-refractivity contribution in [1.29, 1.82) is 0 Å². The third kappa shape index (κ3) is 1.11. The summed E-state index contributed by atoms with van der Waals surface area (Å²) in [5, 5.41) is 29.6. The van der Waals surface area contributed by atoms with Crippen molar-refractivity contribution < 1.29 is 15.3 Å². The van der Waals surface area contributed by atoms with Crippen molar-refractivity contribution in [3.05, 3.63) is 28.7 Å². The number of hydrogen-bond acceptors (Lipinski definition) is 3. The summed E-state index contributed by atoms with van der Waals surface area (Å²) in [7, 11) is 0. The van der Waals surface area contributed by atoms with E-state index in [0.29, 0.717) is 10.8 Å². The van der Waals surface area contributed by atoms with Crippen molar-refractivity contribution in [2.24, 2.45) is 0 Å². The topological polar surface area (TPSA) is 60.7 Å². The van der Waals surface area contributed by atoms with Gasteiger partial charge in [-0.05, 0) is 15.9 Å². The summed E-state index contributed by atoms with van der Waals surface area (Å²) >= 11 is 2.99. The summed E-state index contributed by atoms with van der Waals surface area (Å²) in [6, 6.07) is 6.74. The van der Waals surface area contributed by atoms with Gasteiger partial charge in [-0.3, -0.25) is 0 Å². The summed E-state index contributed by atoms with van der Waals surface area (Å²) in [5.41, 5.74) is 0. The molecule has 0 radical (unpaired) electrons. The van der Waals surface area contributed by atoms with E-state index >= 15 is 0 Å². The van der Waals surface area contributed by atoms with Crippen LogP contribution in [0.4, 0.5) is 0 Å². The molecule has 2 aromatic carbocycles. The molecule has 72 valence electrons. The maximum atomic E-state index is 9.65. The Morgan fingerprint density at radius 1 is 0.786 bits per heavy atom. The predicted molar refractivity (Wildman–Crippen MR) is 56.6 cm³/mol. The number of phenols is 3. The fourth-order valence-corrected chi connectivity index (χ4v) is 1.76. The van der Waals surface area contributed by atoms with E-state index in [9.17, 15) is 15.3 Å². The Morgan fingerprint density at radius 3 is 1.86 bits per heavy atom. The Balaban J connectivity index is 3.02. The van der Waals surface area contributed by atoms with Crippen molar-refractivity contribution in [3.8, 4) is 17.2 Å². The van der Waals surface area contributed by atoms with Crippen molar-refractivity contribution in [1.82, 2.24) is 0 Å². The molecule has 3 nitrogen and oxygen atoms in total. The lowest BCUT2D eigenvalue weighted by atomic mass is 10.1. The maximum Gasteiger partial charge on any atom is 0.176 e. The van der Waals surface area contributed by atoms with Gasteiger partial charge in [-0.1, -0.05) is 24.3 Å². The van der Waals surface area contributed by atoms with Crippen LogP contribution in [-0.2, 0) is 0 Å². The molecule has 0 unspecified atom stereocenters. The zero-order chi connectivity index (χ0) is 10.3. The van der Waals surface area contributed by atoms with E-state index in [2.05, 4.69) is 15.9 Å². The van der Waals surface area contributed by atoms with E-state index in [1.807, 2.05) is 0 Å². The van der Waals surface area contributed by atoms with Crippen LogP contribution in [0.3, 0.4) is 0 Å². The van der Waals surface area contributed by atoms with E-state index < -0.39 is 0 Å². The molecule has 4 heteroatoms. The second-order valence-corrected chi connectivity index (χ2v) is 3.70. The van der Waals surface area contributed by atoms with Crippen LogP contribution in [0.25, 0.3) is 10.8 Å². The lowest BCUT2D eigenvalue weighted by molar-refractivity contribution is 0.398. The Labute approximate surface area is 88.4 Å². The molecule has 0 aliphatic carbocycles. The first-order chi connectivity index (χ1) is 6.63. The average molecular weight is 255 g/mol. The van der Waals surface area contributed by atoms with E-state index in [1.165, 1.54) is 0 Å². The van der Waals surface area contributed by atoms with Gasteiger partial charge in [0.2, 0.25) is 0 Å². The summed E-state index contributed by atoms with van der Waals surface area (Å²) in [4.78, 5) is 0. The molecule has 0 saturated heterocycles. The molecule has 14 heavy (non-hydrogen) atoms. The van der Waals surface area contributed by atoms with Crippen LogP contribution in [0, 0.1) is 0 Å². The Kier molecular flexibility index (Phi) is 2.00. The molecule has 0 aliphatic rings. The van der Waals surface area contributed by atoms with Gasteiger partial charge in [0.25, 0.3) is 0 Å². The summed E-state index contributed by atoms with van der Waals surface area (Å²) in [6.45, 7) is 0. The molecule has 0 spiro atoms. The van der Waals surface area contributed by atoms with E-state index in [-0.39, 0.29) is 21.7 Å². The number of fused-ring (bicyclic) bond motifs is 1. The lowest BCUT2D eigenvalue weighted by Gasteiger charge is -2.08. The number of rotatable bonds is 0. The summed E-state index contributed by atoms with van der Waals surface area (Å²) in [5.74, 6) is -0.651. The Hall–Kier alpha value is -1.42. The second kappa shape index (κ2) is 3.06. The maximum absolute atomic E-state index is 9.65. The smallest absolute Gasteiger partial charge is 0.176 e. The van der Waals surface area contributed by atoms with Gasteiger partial charge in [-0.25, -0.2) is 0 Å². The quantitative estimate of drug-likeness (QED) is 0.501. The number of aromatic hydroxyl groups is 3. The van der Waals surface area contributed by atoms with Crippen LogP contribution >= 0.6 is 15.9 Å². The van der Waals surface area contributed by atoms with Crippen LogP contribution in [0.1, 0.15) is 0 Å². The fraction of sp³-hybridized carbons (Fsp3) is 0. The van der Waals surface area contributed by atoms with E-state index in [0.717, 1.165) is 0 Å². The first-order valence-electron chi connectivity index (χ1n) is 3.94. The predicted octanol–water partition coefficient (Wildman–Crippen LogP) is 2.72. The SMILES string of the molecule is Oc1c(Br)c(O)c2ccccc2c1O. The molecule has 3 N–H and O–H groups in total. The van der Waals surface area contributed by atoms with Crippen LogP contribution < -0.4 is 0 Å². The fourth-order valence-electron chi connectivity index (χ4n) is 1.36. The van der Waals surface area contributed by atoms with Crippen LogP contribution in [0.2, 0.25) is 0 Å². The molecular formula is C10H7BrO3. The lowest BCUT2D eigenvalue weighted by Crippen LogP contribution is -1.79. The minimum Gasteiger partial charge on any atom is -0.506 e. The molecule has 0 aliphatic heterocycles. The molecule has 2 aromatic rings. The number of phenolic OH excluding ortho intramolecular Hbond substituents is 3. The first-order valence-corrected chi connectivity index (χ1v) is 4.73.